The molecule has 1 atom stereocenters. The fourth-order valence-electron chi connectivity index (χ4n) is 4.48. The summed E-state index contributed by atoms with van der Waals surface area (Å²) in [6.45, 7) is 3.95. The molecule has 0 saturated carbocycles. The van der Waals surface area contributed by atoms with Crippen molar-refractivity contribution in [2.75, 3.05) is 16.0 Å². The predicted molar refractivity (Wildman–Crippen MR) is 143 cm³/mol. The molecular weight excluding hydrogens is 470 g/mol. The van der Waals surface area contributed by atoms with Crippen LogP contribution in [0.5, 0.6) is 0 Å². The molecule has 3 aromatic carbocycles. The van der Waals surface area contributed by atoms with Gasteiger partial charge in [0.2, 0.25) is 11.8 Å². The SMILES string of the molecule is Cc1cccc(-n2c(Cc3ccccc3)nnc2SCC(=O)N2c3ccccc3NC(=O)C[C@H]2C)c1. The molecule has 7 nitrogen and oxygen atoms in total. The van der Waals surface area contributed by atoms with Crippen molar-refractivity contribution in [1.82, 2.24) is 14.8 Å². The van der Waals surface area contributed by atoms with E-state index in [0.29, 0.717) is 23.0 Å². The molecule has 0 spiro atoms. The summed E-state index contributed by atoms with van der Waals surface area (Å²) in [6.07, 6.45) is 0.867. The van der Waals surface area contributed by atoms with Gasteiger partial charge in [-0.15, -0.1) is 10.2 Å². The van der Waals surface area contributed by atoms with E-state index < -0.39 is 0 Å². The Morgan fingerprint density at radius 1 is 1.03 bits per heavy atom. The number of hydrogen-bond donors (Lipinski definition) is 1. The minimum absolute atomic E-state index is 0.0835. The fourth-order valence-corrected chi connectivity index (χ4v) is 5.31. The summed E-state index contributed by atoms with van der Waals surface area (Å²) in [4.78, 5) is 27.5. The average Bonchev–Trinajstić information content (AvgIpc) is 3.20. The summed E-state index contributed by atoms with van der Waals surface area (Å²) < 4.78 is 2.03. The van der Waals surface area contributed by atoms with Gasteiger partial charge in [0.1, 0.15) is 5.82 Å². The highest BCUT2D eigenvalue weighted by Gasteiger charge is 2.30. The molecule has 0 radical (unpaired) electrons. The number of aryl methyl sites for hydroxylation is 1. The van der Waals surface area contributed by atoms with E-state index in [1.54, 1.807) is 4.90 Å². The van der Waals surface area contributed by atoms with E-state index in [-0.39, 0.29) is 30.0 Å². The third kappa shape index (κ3) is 5.04. The van der Waals surface area contributed by atoms with Crippen molar-refractivity contribution >= 4 is 35.0 Å². The third-order valence-electron chi connectivity index (χ3n) is 6.12. The number of rotatable bonds is 6. The Morgan fingerprint density at radius 2 is 1.81 bits per heavy atom. The number of thioether (sulfide) groups is 1. The van der Waals surface area contributed by atoms with Crippen molar-refractivity contribution in [1.29, 1.82) is 0 Å². The molecule has 0 aliphatic carbocycles. The summed E-state index contributed by atoms with van der Waals surface area (Å²) in [6, 6.07) is 25.5. The van der Waals surface area contributed by atoms with Crippen LogP contribution >= 0.6 is 11.8 Å². The third-order valence-corrected chi connectivity index (χ3v) is 7.03. The first-order valence-electron chi connectivity index (χ1n) is 11.9. The van der Waals surface area contributed by atoms with Crippen molar-refractivity contribution in [3.05, 3.63) is 95.8 Å². The monoisotopic (exact) mass is 497 g/mol. The highest BCUT2D eigenvalue weighted by atomic mass is 32.2. The van der Waals surface area contributed by atoms with Crippen LogP contribution in [0.2, 0.25) is 0 Å². The normalized spacial score (nSPS) is 15.2. The van der Waals surface area contributed by atoms with Gasteiger partial charge in [-0.05, 0) is 49.2 Å². The second kappa shape index (κ2) is 10.4. The van der Waals surface area contributed by atoms with Gasteiger partial charge >= 0.3 is 0 Å². The van der Waals surface area contributed by atoms with Crippen LogP contribution in [0, 0.1) is 6.92 Å². The minimum atomic E-state index is -0.259. The van der Waals surface area contributed by atoms with Crippen LogP contribution in [0.1, 0.15) is 30.3 Å². The van der Waals surface area contributed by atoms with Crippen molar-refractivity contribution in [3.8, 4) is 5.69 Å². The molecule has 182 valence electrons. The van der Waals surface area contributed by atoms with Crippen LogP contribution in [-0.2, 0) is 16.0 Å². The van der Waals surface area contributed by atoms with Crippen LogP contribution < -0.4 is 10.2 Å². The van der Waals surface area contributed by atoms with Gasteiger partial charge in [-0.1, -0.05) is 66.4 Å². The molecular formula is C28H27N5O2S. The summed E-state index contributed by atoms with van der Waals surface area (Å²) in [7, 11) is 0. The van der Waals surface area contributed by atoms with Gasteiger partial charge in [0.05, 0.1) is 17.1 Å². The highest BCUT2D eigenvalue weighted by molar-refractivity contribution is 7.99. The zero-order chi connectivity index (χ0) is 25.1. The molecule has 2 heterocycles. The number of carbonyl (C=O) groups is 2. The lowest BCUT2D eigenvalue weighted by molar-refractivity contribution is -0.117. The van der Waals surface area contributed by atoms with Gasteiger partial charge in [-0.3, -0.25) is 14.2 Å². The number of nitrogens with zero attached hydrogens (tertiary/aromatic N) is 4. The Labute approximate surface area is 214 Å². The van der Waals surface area contributed by atoms with Gasteiger partial charge in [0.15, 0.2) is 5.16 Å². The molecule has 0 bridgehead atoms. The molecule has 1 aliphatic heterocycles. The largest absolute Gasteiger partial charge is 0.324 e. The Kier molecular flexibility index (Phi) is 6.86. The molecule has 2 amide bonds. The van der Waals surface area contributed by atoms with E-state index in [9.17, 15) is 9.59 Å². The first kappa shape index (κ1) is 23.8. The standard InChI is InChI=1S/C28H27N5O2S/c1-19-9-8-12-22(15-19)33-25(17-21-10-4-3-5-11-21)30-31-28(33)36-18-27(35)32-20(2)16-26(34)29-23-13-6-7-14-24(23)32/h3-15,20H,16-18H2,1-2H3,(H,29,34)/t20-/m1/s1. The lowest BCUT2D eigenvalue weighted by atomic mass is 10.1. The van der Waals surface area contributed by atoms with Gasteiger partial charge in [0, 0.05) is 24.6 Å². The molecule has 8 heteroatoms. The van der Waals surface area contributed by atoms with Gasteiger partial charge in [-0.2, -0.15) is 0 Å². The zero-order valence-corrected chi connectivity index (χ0v) is 21.0. The lowest BCUT2D eigenvalue weighted by Crippen LogP contribution is -2.40. The van der Waals surface area contributed by atoms with Crippen molar-refractivity contribution in [2.45, 2.75) is 37.9 Å². The molecule has 1 aromatic heterocycles. The highest BCUT2D eigenvalue weighted by Crippen LogP contribution is 2.32. The Morgan fingerprint density at radius 3 is 2.61 bits per heavy atom. The van der Waals surface area contributed by atoms with Crippen molar-refractivity contribution in [2.24, 2.45) is 0 Å². The quantitative estimate of drug-likeness (QED) is 0.378. The number of carbonyl (C=O) groups excluding carboxylic acids is 2. The molecule has 1 N–H and O–H groups in total. The van der Waals surface area contributed by atoms with Crippen LogP contribution in [0.3, 0.4) is 0 Å². The van der Waals surface area contributed by atoms with E-state index in [4.69, 9.17) is 0 Å². The predicted octanol–water partition coefficient (Wildman–Crippen LogP) is 5.02. The molecule has 4 aromatic rings. The molecule has 0 saturated heterocycles. The summed E-state index contributed by atoms with van der Waals surface area (Å²) in [5, 5.41) is 12.5. The maximum Gasteiger partial charge on any atom is 0.237 e. The van der Waals surface area contributed by atoms with E-state index in [1.165, 1.54) is 11.8 Å². The number of amides is 2. The maximum absolute atomic E-state index is 13.5. The Hall–Kier alpha value is -3.91. The van der Waals surface area contributed by atoms with E-state index in [1.807, 2.05) is 66.1 Å². The number of nitrogens with one attached hydrogen (secondary N) is 1. The summed E-state index contributed by atoms with van der Waals surface area (Å²) in [5.41, 5.74) is 4.60. The fraction of sp³-hybridized carbons (Fsp3) is 0.214. The maximum atomic E-state index is 13.5. The van der Waals surface area contributed by atoms with Gasteiger partial charge < -0.3 is 10.2 Å². The second-order valence-corrected chi connectivity index (χ2v) is 9.85. The van der Waals surface area contributed by atoms with Gasteiger partial charge in [0.25, 0.3) is 0 Å². The van der Waals surface area contributed by atoms with Crippen LogP contribution in [0.15, 0.2) is 84.0 Å². The van der Waals surface area contributed by atoms with Crippen molar-refractivity contribution < 1.29 is 9.59 Å². The Bertz CT molecular complexity index is 1400. The number of para-hydroxylation sites is 2. The number of aromatic nitrogens is 3. The molecule has 1 aliphatic rings. The van der Waals surface area contributed by atoms with E-state index in [0.717, 1.165) is 22.6 Å². The lowest BCUT2D eigenvalue weighted by Gasteiger charge is -2.27. The molecule has 36 heavy (non-hydrogen) atoms. The van der Waals surface area contributed by atoms with Gasteiger partial charge in [-0.25, -0.2) is 0 Å². The smallest absolute Gasteiger partial charge is 0.237 e. The second-order valence-electron chi connectivity index (χ2n) is 8.91. The number of hydrogen-bond acceptors (Lipinski definition) is 5. The minimum Gasteiger partial charge on any atom is -0.324 e. The van der Waals surface area contributed by atoms with E-state index >= 15 is 0 Å². The first-order valence-corrected chi connectivity index (χ1v) is 12.9. The summed E-state index contributed by atoms with van der Waals surface area (Å²) >= 11 is 1.36. The topological polar surface area (TPSA) is 80.1 Å². The Balaban J connectivity index is 1.43. The average molecular weight is 498 g/mol. The van der Waals surface area contributed by atoms with Crippen LogP contribution in [-0.4, -0.2) is 38.4 Å². The van der Waals surface area contributed by atoms with Crippen molar-refractivity contribution in [3.63, 3.8) is 0 Å². The van der Waals surface area contributed by atoms with Crippen LogP contribution in [0.25, 0.3) is 5.69 Å². The zero-order valence-electron chi connectivity index (χ0n) is 20.2. The number of anilines is 2. The first-order chi connectivity index (χ1) is 17.5. The molecule has 0 fully saturated rings. The van der Waals surface area contributed by atoms with E-state index in [2.05, 4.69) is 46.7 Å². The molecule has 0 unspecified atom stereocenters. The number of benzene rings is 3. The molecule has 5 rings (SSSR count). The van der Waals surface area contributed by atoms with Crippen LogP contribution in [0.4, 0.5) is 11.4 Å². The number of fused-ring (bicyclic) bond motifs is 1. The summed E-state index contributed by atoms with van der Waals surface area (Å²) in [5.74, 6) is 0.801.